The molecular weight excluding hydrogens is 489 g/mol. The van der Waals surface area contributed by atoms with E-state index >= 15 is 0 Å². The number of ether oxygens (including phenoxy) is 2. The number of thiocarbonyl (C=S) groups is 1. The van der Waals surface area contributed by atoms with Crippen LogP contribution in [0.3, 0.4) is 0 Å². The lowest BCUT2D eigenvalue weighted by Crippen LogP contribution is -2.27. The lowest BCUT2D eigenvalue weighted by molar-refractivity contribution is -0.113. The summed E-state index contributed by atoms with van der Waals surface area (Å²) in [5, 5.41) is 0. The highest BCUT2D eigenvalue weighted by molar-refractivity contribution is 8.27. The zero-order valence-electron chi connectivity index (χ0n) is 18.6. The summed E-state index contributed by atoms with van der Waals surface area (Å²) >= 11 is 8.39. The van der Waals surface area contributed by atoms with Gasteiger partial charge in [-0.2, -0.15) is 0 Å². The molecule has 3 aromatic carbocycles. The highest BCUT2D eigenvalue weighted by Gasteiger charge is 2.33. The summed E-state index contributed by atoms with van der Waals surface area (Å²) in [7, 11) is 0. The van der Waals surface area contributed by atoms with E-state index in [0.29, 0.717) is 27.3 Å². The SMILES string of the molecule is CCOc1cc(/C=C2\SC(=S)N(c3cccc(SC)c3)C2=O)ccc1OCc1ccc(F)cc1. The molecule has 8 heteroatoms. The van der Waals surface area contributed by atoms with Gasteiger partial charge in [0.15, 0.2) is 15.8 Å². The van der Waals surface area contributed by atoms with E-state index in [1.807, 2.05) is 61.7 Å². The van der Waals surface area contributed by atoms with Crippen molar-refractivity contribution in [2.75, 3.05) is 17.8 Å². The normalized spacial score (nSPS) is 14.7. The lowest BCUT2D eigenvalue weighted by atomic mass is 10.1. The Morgan fingerprint density at radius 1 is 1.06 bits per heavy atom. The quantitative estimate of drug-likeness (QED) is 0.185. The van der Waals surface area contributed by atoms with Crippen LogP contribution in [0.5, 0.6) is 11.5 Å². The summed E-state index contributed by atoms with van der Waals surface area (Å²) < 4.78 is 25.3. The summed E-state index contributed by atoms with van der Waals surface area (Å²) in [6.07, 6.45) is 3.80. The molecule has 4 nitrogen and oxygen atoms in total. The minimum atomic E-state index is -0.287. The molecule has 0 atom stereocenters. The Morgan fingerprint density at radius 3 is 2.59 bits per heavy atom. The lowest BCUT2D eigenvalue weighted by Gasteiger charge is -2.15. The number of anilines is 1. The molecule has 34 heavy (non-hydrogen) atoms. The fourth-order valence-corrected chi connectivity index (χ4v) is 5.09. The number of carbonyl (C=O) groups excluding carboxylic acids is 1. The van der Waals surface area contributed by atoms with E-state index in [0.717, 1.165) is 21.7 Å². The maximum absolute atomic E-state index is 13.1. The van der Waals surface area contributed by atoms with Gasteiger partial charge < -0.3 is 9.47 Å². The Hall–Kier alpha value is -2.81. The van der Waals surface area contributed by atoms with E-state index in [1.54, 1.807) is 28.8 Å². The standard InChI is InChI=1S/C26H22FNO3S3/c1-3-30-23-13-18(9-12-22(23)31-16-17-7-10-19(27)11-8-17)14-24-25(29)28(26(32)34-24)20-5-4-6-21(15-20)33-2/h4-15H,3,16H2,1-2H3/b24-14-. The van der Waals surface area contributed by atoms with E-state index < -0.39 is 0 Å². The van der Waals surface area contributed by atoms with Gasteiger partial charge in [-0.15, -0.1) is 11.8 Å². The monoisotopic (exact) mass is 511 g/mol. The predicted molar refractivity (Wildman–Crippen MR) is 142 cm³/mol. The first kappa shape index (κ1) is 24.3. The molecule has 0 aliphatic carbocycles. The summed E-state index contributed by atoms with van der Waals surface area (Å²) in [6.45, 7) is 2.64. The van der Waals surface area contributed by atoms with Crippen LogP contribution in [0.1, 0.15) is 18.1 Å². The van der Waals surface area contributed by atoms with Gasteiger partial charge in [-0.1, -0.05) is 48.2 Å². The number of rotatable bonds is 8. The Kier molecular flexibility index (Phi) is 7.92. The number of nitrogens with zero attached hydrogens (tertiary/aromatic N) is 1. The van der Waals surface area contributed by atoms with Crippen LogP contribution in [-0.2, 0) is 11.4 Å². The molecule has 1 aliphatic heterocycles. The van der Waals surface area contributed by atoms with Crippen molar-refractivity contribution in [3.8, 4) is 11.5 Å². The number of hydrogen-bond donors (Lipinski definition) is 0. The maximum atomic E-state index is 13.1. The molecule has 1 amide bonds. The summed E-state index contributed by atoms with van der Waals surface area (Å²) in [5.74, 6) is 0.708. The van der Waals surface area contributed by atoms with Crippen molar-refractivity contribution in [1.29, 1.82) is 0 Å². The van der Waals surface area contributed by atoms with Gasteiger partial charge in [0.25, 0.3) is 5.91 Å². The van der Waals surface area contributed by atoms with E-state index in [4.69, 9.17) is 21.7 Å². The van der Waals surface area contributed by atoms with E-state index in [-0.39, 0.29) is 18.3 Å². The second-order valence-corrected chi connectivity index (χ2v) is 9.83. The minimum absolute atomic E-state index is 0.150. The van der Waals surface area contributed by atoms with Crippen LogP contribution >= 0.6 is 35.7 Å². The molecule has 1 heterocycles. The van der Waals surface area contributed by atoms with Gasteiger partial charge in [0, 0.05) is 4.90 Å². The summed E-state index contributed by atoms with van der Waals surface area (Å²) in [6, 6.07) is 19.4. The third-order valence-electron chi connectivity index (χ3n) is 4.98. The van der Waals surface area contributed by atoms with Crippen molar-refractivity contribution in [3.63, 3.8) is 0 Å². The second-order valence-electron chi connectivity index (χ2n) is 7.27. The predicted octanol–water partition coefficient (Wildman–Crippen LogP) is 6.93. The molecule has 3 aromatic rings. The number of benzene rings is 3. The van der Waals surface area contributed by atoms with E-state index in [9.17, 15) is 9.18 Å². The van der Waals surface area contributed by atoms with Crippen molar-refractivity contribution >= 4 is 57.7 Å². The van der Waals surface area contributed by atoms with Crippen molar-refractivity contribution in [3.05, 3.63) is 88.6 Å². The van der Waals surface area contributed by atoms with Gasteiger partial charge in [0.1, 0.15) is 12.4 Å². The van der Waals surface area contributed by atoms with Crippen LogP contribution in [-0.4, -0.2) is 23.1 Å². The van der Waals surface area contributed by atoms with Crippen molar-refractivity contribution in [1.82, 2.24) is 0 Å². The number of carbonyl (C=O) groups is 1. The number of halogens is 1. The fraction of sp³-hybridized carbons (Fsp3) is 0.154. The molecule has 1 aliphatic rings. The van der Waals surface area contributed by atoms with Crippen LogP contribution in [0.4, 0.5) is 10.1 Å². The Labute approximate surface area is 212 Å². The van der Waals surface area contributed by atoms with Gasteiger partial charge in [-0.25, -0.2) is 4.39 Å². The largest absolute Gasteiger partial charge is 0.490 e. The van der Waals surface area contributed by atoms with Crippen LogP contribution in [0, 0.1) is 5.82 Å². The molecule has 4 rings (SSSR count). The van der Waals surface area contributed by atoms with Gasteiger partial charge in [0.2, 0.25) is 0 Å². The van der Waals surface area contributed by atoms with Crippen molar-refractivity contribution in [2.24, 2.45) is 0 Å². The van der Waals surface area contributed by atoms with Crippen LogP contribution in [0.25, 0.3) is 6.08 Å². The van der Waals surface area contributed by atoms with Crippen LogP contribution < -0.4 is 14.4 Å². The highest BCUT2D eigenvalue weighted by atomic mass is 32.2. The molecule has 1 fully saturated rings. The van der Waals surface area contributed by atoms with Gasteiger partial charge in [0.05, 0.1) is 17.2 Å². The molecule has 0 unspecified atom stereocenters. The summed E-state index contributed by atoms with van der Waals surface area (Å²) in [5.41, 5.74) is 2.41. The number of amides is 1. The molecule has 0 aromatic heterocycles. The molecule has 174 valence electrons. The fourth-order valence-electron chi connectivity index (χ4n) is 3.33. The first-order chi connectivity index (χ1) is 16.5. The van der Waals surface area contributed by atoms with Gasteiger partial charge in [-0.3, -0.25) is 9.69 Å². The molecule has 0 spiro atoms. The van der Waals surface area contributed by atoms with Crippen molar-refractivity contribution < 1.29 is 18.7 Å². The van der Waals surface area contributed by atoms with Gasteiger partial charge >= 0.3 is 0 Å². The summed E-state index contributed by atoms with van der Waals surface area (Å²) in [4.78, 5) is 16.3. The van der Waals surface area contributed by atoms with Crippen LogP contribution in [0.2, 0.25) is 0 Å². The molecule has 0 radical (unpaired) electrons. The average molecular weight is 512 g/mol. The third kappa shape index (κ3) is 5.63. The average Bonchev–Trinajstić information content (AvgIpc) is 3.12. The second kappa shape index (κ2) is 11.1. The zero-order valence-corrected chi connectivity index (χ0v) is 21.1. The van der Waals surface area contributed by atoms with E-state index in [2.05, 4.69) is 0 Å². The number of hydrogen-bond acceptors (Lipinski definition) is 6. The molecule has 0 bridgehead atoms. The Morgan fingerprint density at radius 2 is 1.85 bits per heavy atom. The van der Waals surface area contributed by atoms with E-state index in [1.165, 1.54) is 23.9 Å². The number of thioether (sulfide) groups is 2. The molecule has 0 saturated carbocycles. The smallest absolute Gasteiger partial charge is 0.270 e. The maximum Gasteiger partial charge on any atom is 0.270 e. The Balaban J connectivity index is 1.54. The molecule has 1 saturated heterocycles. The zero-order chi connectivity index (χ0) is 24.1. The third-order valence-corrected chi connectivity index (χ3v) is 7.01. The Bertz CT molecular complexity index is 1240. The van der Waals surface area contributed by atoms with Crippen molar-refractivity contribution in [2.45, 2.75) is 18.4 Å². The first-order valence-corrected chi connectivity index (χ1v) is 13.0. The highest BCUT2D eigenvalue weighted by Crippen LogP contribution is 2.38. The topological polar surface area (TPSA) is 38.8 Å². The molecular formula is C26H22FNO3S3. The minimum Gasteiger partial charge on any atom is -0.490 e. The molecule has 0 N–H and O–H groups in total. The van der Waals surface area contributed by atoms with Gasteiger partial charge in [-0.05, 0) is 72.8 Å². The van der Waals surface area contributed by atoms with Crippen LogP contribution in [0.15, 0.2) is 76.5 Å². The first-order valence-electron chi connectivity index (χ1n) is 10.5.